The van der Waals surface area contributed by atoms with Crippen molar-refractivity contribution < 1.29 is 13.5 Å². The van der Waals surface area contributed by atoms with Gasteiger partial charge in [0.2, 0.25) is 0 Å². The number of nitriles is 1. The lowest BCUT2D eigenvalue weighted by Gasteiger charge is -2.21. The molecule has 0 spiro atoms. The third-order valence-electron chi connectivity index (χ3n) is 2.21. The zero-order valence-electron chi connectivity index (χ0n) is 8.91. The van der Waals surface area contributed by atoms with E-state index in [1.165, 1.54) is 19.2 Å². The van der Waals surface area contributed by atoms with Gasteiger partial charge >= 0.3 is 0 Å². The van der Waals surface area contributed by atoms with Crippen molar-refractivity contribution in [3.8, 4) is 6.07 Å². The van der Waals surface area contributed by atoms with Crippen molar-refractivity contribution in [2.75, 3.05) is 13.7 Å². The van der Waals surface area contributed by atoms with Gasteiger partial charge in [-0.3, -0.25) is 0 Å². The van der Waals surface area contributed by atoms with E-state index in [1.54, 1.807) is 6.92 Å². The van der Waals surface area contributed by atoms with Gasteiger partial charge in [0.15, 0.2) is 0 Å². The second-order valence-electron chi connectivity index (χ2n) is 3.28. The molecule has 1 N–H and O–H groups in total. The van der Waals surface area contributed by atoms with E-state index in [9.17, 15) is 8.42 Å². The van der Waals surface area contributed by atoms with Gasteiger partial charge < -0.3 is 5.11 Å². The van der Waals surface area contributed by atoms with E-state index >= 15 is 0 Å². The topological polar surface area (TPSA) is 81.4 Å². The van der Waals surface area contributed by atoms with Crippen LogP contribution in [0.25, 0.3) is 0 Å². The van der Waals surface area contributed by atoms with Crippen LogP contribution in [0, 0.1) is 11.3 Å². The smallest absolute Gasteiger partial charge is 0.252 e. The van der Waals surface area contributed by atoms with Crippen LogP contribution in [-0.2, 0) is 10.0 Å². The van der Waals surface area contributed by atoms with Gasteiger partial charge in [-0.2, -0.15) is 9.57 Å². The van der Waals surface area contributed by atoms with Crippen LogP contribution >= 0.6 is 11.3 Å². The Kier molecular flexibility index (Phi) is 4.04. The number of thiophene rings is 1. The molecular weight excluding hydrogens is 248 g/mol. The van der Waals surface area contributed by atoms with Crippen LogP contribution in [0.5, 0.6) is 0 Å². The molecule has 0 amide bonds. The van der Waals surface area contributed by atoms with Crippen molar-refractivity contribution in [3.05, 3.63) is 17.0 Å². The Labute approximate surface area is 98.6 Å². The normalized spacial score (nSPS) is 13.7. The van der Waals surface area contributed by atoms with E-state index in [0.29, 0.717) is 4.88 Å². The predicted octanol–water partition coefficient (Wildman–Crippen LogP) is 0.621. The van der Waals surface area contributed by atoms with E-state index in [1.807, 2.05) is 6.07 Å². The molecule has 0 saturated heterocycles. The van der Waals surface area contributed by atoms with Crippen molar-refractivity contribution in [2.45, 2.75) is 17.2 Å². The standard InChI is InChI=1S/C9H12N2O3S2/c1-7(6-12)11(2)16(13,14)9-4-3-8(5-10)15-9/h3-4,7,12H,6H2,1-2H3. The molecule has 0 saturated carbocycles. The van der Waals surface area contributed by atoms with Gasteiger partial charge in [0.1, 0.15) is 15.2 Å². The first-order valence-corrected chi connectivity index (χ1v) is 6.78. The lowest BCUT2D eigenvalue weighted by atomic mass is 10.4. The first-order valence-electron chi connectivity index (χ1n) is 4.52. The van der Waals surface area contributed by atoms with E-state index in [0.717, 1.165) is 15.6 Å². The second kappa shape index (κ2) is 4.93. The highest BCUT2D eigenvalue weighted by Gasteiger charge is 2.26. The van der Waals surface area contributed by atoms with Gasteiger partial charge in [0.25, 0.3) is 10.0 Å². The van der Waals surface area contributed by atoms with Gasteiger partial charge in [0.05, 0.1) is 6.61 Å². The molecule has 0 aliphatic heterocycles. The molecule has 0 aliphatic rings. The van der Waals surface area contributed by atoms with Crippen LogP contribution in [-0.4, -0.2) is 37.5 Å². The fourth-order valence-corrected chi connectivity index (χ4v) is 3.65. The number of rotatable bonds is 4. The summed E-state index contributed by atoms with van der Waals surface area (Å²) in [5.41, 5.74) is 0. The van der Waals surface area contributed by atoms with Gasteiger partial charge in [-0.1, -0.05) is 0 Å². The quantitative estimate of drug-likeness (QED) is 0.860. The summed E-state index contributed by atoms with van der Waals surface area (Å²) in [6, 6.07) is 4.27. The minimum atomic E-state index is -3.60. The molecule has 1 heterocycles. The number of aliphatic hydroxyl groups excluding tert-OH is 1. The molecule has 1 aromatic rings. The first-order chi connectivity index (χ1) is 7.43. The molecule has 5 nitrogen and oxygen atoms in total. The molecule has 0 aliphatic carbocycles. The zero-order chi connectivity index (χ0) is 12.3. The van der Waals surface area contributed by atoms with Gasteiger partial charge in [-0.15, -0.1) is 11.3 Å². The minimum Gasteiger partial charge on any atom is -0.395 e. The summed E-state index contributed by atoms with van der Waals surface area (Å²) in [4.78, 5) is 0.351. The minimum absolute atomic E-state index is 0.117. The molecule has 7 heteroatoms. The predicted molar refractivity (Wildman–Crippen MR) is 60.5 cm³/mol. The van der Waals surface area contributed by atoms with Crippen molar-refractivity contribution in [1.29, 1.82) is 5.26 Å². The molecule has 1 atom stereocenters. The molecule has 88 valence electrons. The van der Waals surface area contributed by atoms with Gasteiger partial charge in [-0.05, 0) is 19.1 Å². The van der Waals surface area contributed by atoms with E-state index in [4.69, 9.17) is 10.4 Å². The molecule has 0 aromatic carbocycles. The van der Waals surface area contributed by atoms with Crippen LogP contribution < -0.4 is 0 Å². The Morgan fingerprint density at radius 2 is 2.25 bits per heavy atom. The maximum atomic E-state index is 12.0. The number of sulfonamides is 1. The summed E-state index contributed by atoms with van der Waals surface area (Å²) in [7, 11) is -2.19. The number of hydrogen-bond donors (Lipinski definition) is 1. The van der Waals surface area contributed by atoms with Crippen LogP contribution in [0.4, 0.5) is 0 Å². The second-order valence-corrected chi connectivity index (χ2v) is 6.59. The number of aliphatic hydroxyl groups is 1. The van der Waals surface area contributed by atoms with Gasteiger partial charge in [-0.25, -0.2) is 8.42 Å². The third kappa shape index (κ3) is 2.41. The van der Waals surface area contributed by atoms with E-state index < -0.39 is 16.1 Å². The average Bonchev–Trinajstić information content (AvgIpc) is 2.75. The third-order valence-corrected chi connectivity index (χ3v) is 5.64. The summed E-state index contributed by atoms with van der Waals surface area (Å²) in [6.45, 7) is 1.36. The fraction of sp³-hybridized carbons (Fsp3) is 0.444. The first kappa shape index (κ1) is 13.1. The lowest BCUT2D eigenvalue weighted by Crippen LogP contribution is -2.36. The lowest BCUT2D eigenvalue weighted by molar-refractivity contribution is 0.214. The number of likely N-dealkylation sites (N-methyl/N-ethyl adjacent to an activating group) is 1. The Morgan fingerprint density at radius 3 is 2.69 bits per heavy atom. The molecule has 0 radical (unpaired) electrons. The van der Waals surface area contributed by atoms with Crippen molar-refractivity contribution >= 4 is 21.4 Å². The Morgan fingerprint density at radius 1 is 1.62 bits per heavy atom. The van der Waals surface area contributed by atoms with Crippen LogP contribution in [0.2, 0.25) is 0 Å². The number of nitrogens with zero attached hydrogens (tertiary/aromatic N) is 2. The van der Waals surface area contributed by atoms with Crippen LogP contribution in [0.3, 0.4) is 0 Å². The summed E-state index contributed by atoms with van der Waals surface area (Å²) in [6.07, 6.45) is 0. The van der Waals surface area contributed by atoms with E-state index in [2.05, 4.69) is 0 Å². The highest BCUT2D eigenvalue weighted by molar-refractivity contribution is 7.91. The number of hydrogen-bond acceptors (Lipinski definition) is 5. The van der Waals surface area contributed by atoms with Gasteiger partial charge in [0, 0.05) is 13.1 Å². The average molecular weight is 260 g/mol. The molecule has 0 bridgehead atoms. The summed E-state index contributed by atoms with van der Waals surface area (Å²) in [5.74, 6) is 0. The fourth-order valence-electron chi connectivity index (χ4n) is 1.01. The summed E-state index contributed by atoms with van der Waals surface area (Å²) >= 11 is 0.924. The highest BCUT2D eigenvalue weighted by Crippen LogP contribution is 2.24. The largest absolute Gasteiger partial charge is 0.395 e. The maximum absolute atomic E-state index is 12.0. The van der Waals surface area contributed by atoms with Crippen LogP contribution in [0.15, 0.2) is 16.3 Å². The summed E-state index contributed by atoms with van der Waals surface area (Å²) in [5, 5.41) is 17.5. The van der Waals surface area contributed by atoms with Crippen LogP contribution in [0.1, 0.15) is 11.8 Å². The molecular formula is C9H12N2O3S2. The monoisotopic (exact) mass is 260 g/mol. The van der Waals surface area contributed by atoms with Crippen molar-refractivity contribution in [3.63, 3.8) is 0 Å². The maximum Gasteiger partial charge on any atom is 0.252 e. The molecule has 0 fully saturated rings. The molecule has 1 rings (SSSR count). The molecule has 1 aromatic heterocycles. The molecule has 1 unspecified atom stereocenters. The SMILES string of the molecule is CC(CO)N(C)S(=O)(=O)c1ccc(C#N)s1. The van der Waals surface area contributed by atoms with Crippen molar-refractivity contribution in [2.24, 2.45) is 0 Å². The Balaban J connectivity index is 3.07. The van der Waals surface area contributed by atoms with E-state index in [-0.39, 0.29) is 10.8 Å². The zero-order valence-corrected chi connectivity index (χ0v) is 10.5. The summed E-state index contributed by atoms with van der Waals surface area (Å²) < 4.78 is 25.2. The Bertz CT molecular complexity index is 501. The Hall–Kier alpha value is -0.940. The van der Waals surface area contributed by atoms with Crippen molar-refractivity contribution in [1.82, 2.24) is 4.31 Å². The molecule has 16 heavy (non-hydrogen) atoms. The highest BCUT2D eigenvalue weighted by atomic mass is 32.2.